The van der Waals surface area contributed by atoms with Crippen LogP contribution in [-0.4, -0.2) is 23.6 Å². The number of aliphatic hydroxyl groups excluding tert-OH is 1. The minimum absolute atomic E-state index is 0.00827. The number of benzene rings is 1. The molecule has 0 heterocycles. The van der Waals surface area contributed by atoms with Crippen molar-refractivity contribution in [2.24, 2.45) is 0 Å². The first-order valence-electron chi connectivity index (χ1n) is 4.28. The third-order valence-electron chi connectivity index (χ3n) is 1.81. The van der Waals surface area contributed by atoms with E-state index in [9.17, 15) is 9.50 Å². The summed E-state index contributed by atoms with van der Waals surface area (Å²) in [6.07, 6.45) is -0.677. The summed E-state index contributed by atoms with van der Waals surface area (Å²) in [6, 6.07) is 1.25. The van der Waals surface area contributed by atoms with E-state index in [2.05, 4.69) is 37.2 Å². The summed E-state index contributed by atoms with van der Waals surface area (Å²) in [5.74, 6) is -0.402. The number of aliphatic hydroxyl groups is 1. The van der Waals surface area contributed by atoms with Gasteiger partial charge in [-0.25, -0.2) is 4.39 Å². The van der Waals surface area contributed by atoms with Crippen molar-refractivity contribution in [3.63, 3.8) is 0 Å². The van der Waals surface area contributed by atoms with Gasteiger partial charge in [0, 0.05) is 11.0 Å². The van der Waals surface area contributed by atoms with E-state index in [1.54, 1.807) is 0 Å². The number of alkyl halides is 1. The van der Waals surface area contributed by atoms with Gasteiger partial charge in [-0.3, -0.25) is 0 Å². The van der Waals surface area contributed by atoms with Crippen LogP contribution in [0.3, 0.4) is 0 Å². The average Bonchev–Trinajstić information content (AvgIpc) is 2.25. The summed E-state index contributed by atoms with van der Waals surface area (Å²) in [6.45, 7) is 0.253. The molecule has 0 aliphatic heterocycles. The summed E-state index contributed by atoms with van der Waals surface area (Å²) < 4.78 is 14.1. The fourth-order valence-corrected chi connectivity index (χ4v) is 2.61. The van der Waals surface area contributed by atoms with E-state index < -0.39 is 11.9 Å². The van der Waals surface area contributed by atoms with Crippen LogP contribution in [0.1, 0.15) is 0 Å². The number of rotatable bonds is 4. The highest BCUT2D eigenvalue weighted by Gasteiger charge is 2.14. The zero-order valence-corrected chi connectivity index (χ0v) is 12.6. The number of hydrogen-bond acceptors (Lipinski definition) is 2. The minimum Gasteiger partial charge on any atom is -0.390 e. The van der Waals surface area contributed by atoms with E-state index in [0.717, 1.165) is 0 Å². The van der Waals surface area contributed by atoms with Crippen LogP contribution in [0.15, 0.2) is 15.0 Å². The van der Waals surface area contributed by atoms with Gasteiger partial charge in [0.15, 0.2) is 0 Å². The third-order valence-corrected chi connectivity index (χ3v) is 4.18. The summed E-state index contributed by atoms with van der Waals surface area (Å²) in [7, 11) is 0. The van der Waals surface area contributed by atoms with Crippen LogP contribution in [0, 0.1) is 5.82 Å². The van der Waals surface area contributed by atoms with Crippen LogP contribution < -0.4 is 5.32 Å². The molecule has 1 atom stereocenters. The number of nitrogens with one attached hydrogen (secondary N) is 1. The summed E-state index contributed by atoms with van der Waals surface area (Å²) in [4.78, 5) is 0. The lowest BCUT2D eigenvalue weighted by molar-refractivity contribution is 0.211. The van der Waals surface area contributed by atoms with Crippen molar-refractivity contribution in [1.82, 2.24) is 0 Å². The molecule has 2 nitrogen and oxygen atoms in total. The molecule has 0 aromatic heterocycles. The highest BCUT2D eigenvalue weighted by Crippen LogP contribution is 2.38. The standard InChI is InChI=1S/C9H8Br2Cl2FNO/c10-5-1-6(14)8(13)7(11)9(5)15-3-4(16)2-12/h1,4,15-16H,2-3H2. The molecule has 0 bridgehead atoms. The lowest BCUT2D eigenvalue weighted by Crippen LogP contribution is -2.21. The summed E-state index contributed by atoms with van der Waals surface area (Å²) in [5.41, 5.74) is 0.579. The van der Waals surface area contributed by atoms with Gasteiger partial charge in [0.05, 0.1) is 27.2 Å². The van der Waals surface area contributed by atoms with E-state index >= 15 is 0 Å². The maximum atomic E-state index is 13.2. The largest absolute Gasteiger partial charge is 0.390 e. The Hall–Kier alpha value is 0.450. The summed E-state index contributed by atoms with van der Waals surface area (Å²) in [5, 5.41) is 12.2. The quantitative estimate of drug-likeness (QED) is 0.458. The Kier molecular flexibility index (Phi) is 5.81. The molecule has 1 unspecified atom stereocenters. The molecule has 0 saturated carbocycles. The third kappa shape index (κ3) is 3.47. The lowest BCUT2D eigenvalue weighted by atomic mass is 10.3. The van der Waals surface area contributed by atoms with Crippen LogP contribution >= 0.6 is 55.1 Å². The fourth-order valence-electron chi connectivity index (χ4n) is 1.00. The highest BCUT2D eigenvalue weighted by molar-refractivity contribution is 9.11. The van der Waals surface area contributed by atoms with Crippen LogP contribution in [0.2, 0.25) is 5.02 Å². The van der Waals surface area contributed by atoms with Gasteiger partial charge in [0.2, 0.25) is 0 Å². The van der Waals surface area contributed by atoms with Gasteiger partial charge in [-0.15, -0.1) is 11.6 Å². The average molecular weight is 396 g/mol. The first kappa shape index (κ1) is 14.5. The normalized spacial score (nSPS) is 12.6. The maximum absolute atomic E-state index is 13.2. The molecule has 1 rings (SSSR count). The Labute approximate surface area is 119 Å². The zero-order chi connectivity index (χ0) is 12.3. The first-order chi connectivity index (χ1) is 7.47. The van der Waals surface area contributed by atoms with Crippen molar-refractivity contribution < 1.29 is 9.50 Å². The highest BCUT2D eigenvalue weighted by atomic mass is 79.9. The molecule has 16 heavy (non-hydrogen) atoms. The molecular weight excluding hydrogens is 388 g/mol. The maximum Gasteiger partial charge on any atom is 0.144 e. The number of halogens is 5. The van der Waals surface area contributed by atoms with Gasteiger partial charge in [-0.2, -0.15) is 0 Å². The SMILES string of the molecule is OC(CCl)CNc1c(Br)cc(F)c(Cl)c1Br. The van der Waals surface area contributed by atoms with E-state index in [4.69, 9.17) is 23.2 Å². The molecule has 0 amide bonds. The van der Waals surface area contributed by atoms with Crippen molar-refractivity contribution in [3.8, 4) is 0 Å². The Morgan fingerprint density at radius 2 is 2.12 bits per heavy atom. The van der Waals surface area contributed by atoms with Crippen LogP contribution in [0.5, 0.6) is 0 Å². The van der Waals surface area contributed by atoms with Crippen LogP contribution in [0.25, 0.3) is 0 Å². The van der Waals surface area contributed by atoms with Gasteiger partial charge in [-0.05, 0) is 37.9 Å². The number of anilines is 1. The summed E-state index contributed by atoms with van der Waals surface area (Å²) >= 11 is 17.6. The smallest absolute Gasteiger partial charge is 0.144 e. The molecule has 1 aromatic rings. The first-order valence-corrected chi connectivity index (χ1v) is 6.78. The molecule has 1 aromatic carbocycles. The second kappa shape index (κ2) is 6.40. The molecule has 0 spiro atoms. The van der Waals surface area contributed by atoms with Crippen molar-refractivity contribution in [2.45, 2.75) is 6.10 Å². The predicted octanol–water partition coefficient (Wildman–Crippen LogP) is 4.02. The molecule has 0 aliphatic carbocycles. The van der Waals surface area contributed by atoms with E-state index in [-0.39, 0.29) is 17.4 Å². The van der Waals surface area contributed by atoms with Gasteiger partial charge in [0.1, 0.15) is 5.82 Å². The Morgan fingerprint density at radius 1 is 1.50 bits per heavy atom. The van der Waals surface area contributed by atoms with Gasteiger partial charge in [-0.1, -0.05) is 11.6 Å². The number of hydrogen-bond donors (Lipinski definition) is 2. The van der Waals surface area contributed by atoms with E-state index in [0.29, 0.717) is 14.6 Å². The van der Waals surface area contributed by atoms with Gasteiger partial charge < -0.3 is 10.4 Å². The predicted molar refractivity (Wildman–Crippen MR) is 72.0 cm³/mol. The molecule has 0 radical (unpaired) electrons. The van der Waals surface area contributed by atoms with Crippen molar-refractivity contribution in [1.29, 1.82) is 0 Å². The Balaban J connectivity index is 2.92. The fraction of sp³-hybridized carbons (Fsp3) is 0.333. The Morgan fingerprint density at radius 3 is 2.69 bits per heavy atom. The molecule has 90 valence electrons. The van der Waals surface area contributed by atoms with Crippen molar-refractivity contribution in [2.75, 3.05) is 17.7 Å². The van der Waals surface area contributed by atoms with Gasteiger partial charge in [0.25, 0.3) is 0 Å². The molecule has 0 fully saturated rings. The molecule has 7 heteroatoms. The van der Waals surface area contributed by atoms with Crippen molar-refractivity contribution >= 4 is 60.7 Å². The zero-order valence-electron chi connectivity index (χ0n) is 7.91. The molecule has 0 aliphatic rings. The van der Waals surface area contributed by atoms with Crippen LogP contribution in [-0.2, 0) is 0 Å². The monoisotopic (exact) mass is 393 g/mol. The molecular formula is C9H8Br2Cl2FNO. The van der Waals surface area contributed by atoms with Crippen LogP contribution in [0.4, 0.5) is 10.1 Å². The van der Waals surface area contributed by atoms with Gasteiger partial charge >= 0.3 is 0 Å². The molecule has 2 N–H and O–H groups in total. The topological polar surface area (TPSA) is 32.3 Å². The molecule has 0 saturated heterocycles. The second-order valence-electron chi connectivity index (χ2n) is 3.03. The van der Waals surface area contributed by atoms with E-state index in [1.165, 1.54) is 6.07 Å². The lowest BCUT2D eigenvalue weighted by Gasteiger charge is -2.14. The minimum atomic E-state index is -0.677. The second-order valence-corrected chi connectivity index (χ2v) is 5.37. The van der Waals surface area contributed by atoms with E-state index in [1.807, 2.05) is 0 Å². The van der Waals surface area contributed by atoms with Crippen molar-refractivity contribution in [3.05, 3.63) is 25.9 Å². The Bertz CT molecular complexity index is 392.